The van der Waals surface area contributed by atoms with Gasteiger partial charge in [0.2, 0.25) is 0 Å². The zero-order valence-corrected chi connectivity index (χ0v) is 11.4. The van der Waals surface area contributed by atoms with Crippen LogP contribution in [0.4, 0.5) is 5.69 Å². The second-order valence-electron chi connectivity index (χ2n) is 4.69. The van der Waals surface area contributed by atoms with Crippen LogP contribution in [0.2, 0.25) is 0 Å². The summed E-state index contributed by atoms with van der Waals surface area (Å²) in [6.45, 7) is 4.24. The summed E-state index contributed by atoms with van der Waals surface area (Å²) in [6, 6.07) is 15.5. The molecule has 98 valence electrons. The molecule has 0 aromatic heterocycles. The van der Waals surface area contributed by atoms with Crippen LogP contribution >= 0.6 is 0 Å². The summed E-state index contributed by atoms with van der Waals surface area (Å²) in [6.07, 6.45) is 2.73. The smallest absolute Gasteiger partial charge is 0.127 e. The Morgan fingerprint density at radius 1 is 1.11 bits per heavy atom. The lowest BCUT2D eigenvalue weighted by molar-refractivity contribution is 0.461. The Balaban J connectivity index is 2.29. The van der Waals surface area contributed by atoms with Crippen molar-refractivity contribution in [3.05, 3.63) is 59.7 Å². The first kappa shape index (κ1) is 13.3. The molecule has 1 unspecified atom stereocenters. The molecule has 2 nitrogen and oxygen atoms in total. The molecule has 0 amide bonds. The lowest BCUT2D eigenvalue weighted by Gasteiger charge is -2.12. The van der Waals surface area contributed by atoms with Crippen LogP contribution in [0, 0.1) is 0 Å². The molecule has 19 heavy (non-hydrogen) atoms. The van der Waals surface area contributed by atoms with Gasteiger partial charge < -0.3 is 5.11 Å². The van der Waals surface area contributed by atoms with Gasteiger partial charge in [0, 0.05) is 11.8 Å². The van der Waals surface area contributed by atoms with Gasteiger partial charge in [0.15, 0.2) is 0 Å². The molecule has 2 aromatic rings. The van der Waals surface area contributed by atoms with Crippen LogP contribution in [-0.2, 0) is 0 Å². The number of benzene rings is 2. The third-order valence-electron chi connectivity index (χ3n) is 3.35. The molecule has 0 saturated carbocycles. The lowest BCUT2D eigenvalue weighted by atomic mass is 9.96. The van der Waals surface area contributed by atoms with E-state index in [1.165, 1.54) is 0 Å². The molecule has 0 aliphatic rings. The van der Waals surface area contributed by atoms with Crippen molar-refractivity contribution in [2.75, 3.05) is 0 Å². The summed E-state index contributed by atoms with van der Waals surface area (Å²) in [7, 11) is 0. The maximum absolute atomic E-state index is 10.3. The van der Waals surface area contributed by atoms with Crippen LogP contribution < -0.4 is 0 Å². The fourth-order valence-electron chi connectivity index (χ4n) is 1.96. The number of nitrogens with zero attached hydrogens (tertiary/aromatic N) is 1. The van der Waals surface area contributed by atoms with Crippen molar-refractivity contribution in [3.8, 4) is 5.75 Å². The van der Waals surface area contributed by atoms with E-state index in [1.54, 1.807) is 6.21 Å². The third kappa shape index (κ3) is 3.22. The largest absolute Gasteiger partial charge is 0.507 e. The Labute approximate surface area is 114 Å². The highest BCUT2D eigenvalue weighted by Gasteiger charge is 2.10. The van der Waals surface area contributed by atoms with Gasteiger partial charge in [0.05, 0.1) is 5.69 Å². The maximum atomic E-state index is 10.3. The fourth-order valence-corrected chi connectivity index (χ4v) is 1.96. The fraction of sp³-hybridized carbons (Fsp3) is 0.235. The molecule has 1 atom stereocenters. The molecule has 2 rings (SSSR count). The number of hydrogen-bond donors (Lipinski definition) is 1. The van der Waals surface area contributed by atoms with Gasteiger partial charge in [0.1, 0.15) is 5.75 Å². The molecule has 0 aliphatic heterocycles. The van der Waals surface area contributed by atoms with Gasteiger partial charge in [-0.15, -0.1) is 0 Å². The molecular formula is C17H19NO. The Morgan fingerprint density at radius 3 is 2.53 bits per heavy atom. The Morgan fingerprint density at radius 2 is 1.84 bits per heavy atom. The Kier molecular flexibility index (Phi) is 4.35. The first-order chi connectivity index (χ1) is 9.22. The van der Waals surface area contributed by atoms with Crippen molar-refractivity contribution in [2.24, 2.45) is 4.99 Å². The summed E-state index contributed by atoms with van der Waals surface area (Å²) in [5, 5.41) is 10.3. The van der Waals surface area contributed by atoms with Gasteiger partial charge in [0.25, 0.3) is 0 Å². The van der Waals surface area contributed by atoms with E-state index in [2.05, 4.69) is 18.8 Å². The Hall–Kier alpha value is -2.09. The minimum atomic E-state index is 0.344. The summed E-state index contributed by atoms with van der Waals surface area (Å²) >= 11 is 0. The van der Waals surface area contributed by atoms with Crippen LogP contribution in [0.5, 0.6) is 5.75 Å². The molecule has 0 fully saturated rings. The van der Waals surface area contributed by atoms with Crippen molar-refractivity contribution in [1.82, 2.24) is 0 Å². The quantitative estimate of drug-likeness (QED) is 0.790. The lowest BCUT2D eigenvalue weighted by Crippen LogP contribution is -1.94. The van der Waals surface area contributed by atoms with Crippen LogP contribution in [-0.4, -0.2) is 11.3 Å². The van der Waals surface area contributed by atoms with E-state index in [4.69, 9.17) is 0 Å². The molecule has 0 heterocycles. The zero-order valence-electron chi connectivity index (χ0n) is 11.4. The van der Waals surface area contributed by atoms with Gasteiger partial charge in [-0.2, -0.15) is 0 Å². The molecule has 0 radical (unpaired) electrons. The predicted molar refractivity (Wildman–Crippen MR) is 80.5 cm³/mol. The van der Waals surface area contributed by atoms with Crippen LogP contribution in [0.3, 0.4) is 0 Å². The minimum absolute atomic E-state index is 0.344. The summed E-state index contributed by atoms with van der Waals surface area (Å²) in [4.78, 5) is 4.38. The molecule has 0 aliphatic carbocycles. The maximum Gasteiger partial charge on any atom is 0.127 e. The van der Waals surface area contributed by atoms with Crippen molar-refractivity contribution in [3.63, 3.8) is 0 Å². The van der Waals surface area contributed by atoms with Gasteiger partial charge in [-0.1, -0.05) is 44.2 Å². The summed E-state index contributed by atoms with van der Waals surface area (Å²) in [5.41, 5.74) is 2.64. The average molecular weight is 253 g/mol. The van der Waals surface area contributed by atoms with Gasteiger partial charge in [-0.25, -0.2) is 0 Å². The first-order valence-electron chi connectivity index (χ1n) is 6.63. The number of phenolic OH excluding ortho intramolecular Hbond substituents is 1. The summed E-state index contributed by atoms with van der Waals surface area (Å²) < 4.78 is 0. The number of rotatable bonds is 4. The van der Waals surface area contributed by atoms with E-state index in [0.29, 0.717) is 11.7 Å². The van der Waals surface area contributed by atoms with Crippen LogP contribution in [0.1, 0.15) is 37.3 Å². The predicted octanol–water partition coefficient (Wildman–Crippen LogP) is 4.66. The normalized spacial score (nSPS) is 12.7. The van der Waals surface area contributed by atoms with Crippen molar-refractivity contribution in [2.45, 2.75) is 26.2 Å². The van der Waals surface area contributed by atoms with Gasteiger partial charge in [-0.05, 0) is 36.1 Å². The third-order valence-corrected chi connectivity index (χ3v) is 3.35. The Bertz CT molecular complexity index is 561. The number of hydrogen-bond acceptors (Lipinski definition) is 2. The second-order valence-corrected chi connectivity index (χ2v) is 4.69. The molecule has 2 aromatic carbocycles. The molecule has 0 spiro atoms. The van der Waals surface area contributed by atoms with Crippen molar-refractivity contribution < 1.29 is 5.11 Å². The van der Waals surface area contributed by atoms with Gasteiger partial charge >= 0.3 is 0 Å². The van der Waals surface area contributed by atoms with E-state index >= 15 is 0 Å². The second kappa shape index (κ2) is 6.19. The van der Waals surface area contributed by atoms with E-state index in [1.807, 2.05) is 48.5 Å². The van der Waals surface area contributed by atoms with Crippen LogP contribution in [0.15, 0.2) is 53.5 Å². The molecule has 1 N–H and O–H groups in total. The van der Waals surface area contributed by atoms with Gasteiger partial charge in [-0.3, -0.25) is 4.99 Å². The highest BCUT2D eigenvalue weighted by atomic mass is 16.3. The average Bonchev–Trinajstić information content (AvgIpc) is 2.46. The SMILES string of the molecule is CCC(C)c1cccc(C=Nc2ccccc2)c1O. The molecule has 2 heteroatoms. The van der Waals surface area contributed by atoms with Crippen molar-refractivity contribution >= 4 is 11.9 Å². The highest BCUT2D eigenvalue weighted by Crippen LogP contribution is 2.30. The van der Waals surface area contributed by atoms with E-state index < -0.39 is 0 Å². The number of aromatic hydroxyl groups is 1. The number of aliphatic imine (C=N–C) groups is 1. The van der Waals surface area contributed by atoms with Crippen molar-refractivity contribution in [1.29, 1.82) is 0 Å². The minimum Gasteiger partial charge on any atom is -0.507 e. The topological polar surface area (TPSA) is 32.6 Å². The molecule has 0 bridgehead atoms. The summed E-state index contributed by atoms with van der Waals surface area (Å²) in [5.74, 6) is 0.696. The molecule has 0 saturated heterocycles. The standard InChI is InChI=1S/C17H19NO/c1-3-13(2)16-11-7-8-14(17(16)19)12-18-15-9-5-4-6-10-15/h4-13,19H,3H2,1-2H3. The highest BCUT2D eigenvalue weighted by molar-refractivity contribution is 5.86. The number of para-hydroxylation sites is 2. The zero-order chi connectivity index (χ0) is 13.7. The van der Waals surface area contributed by atoms with Crippen LogP contribution in [0.25, 0.3) is 0 Å². The van der Waals surface area contributed by atoms with E-state index in [9.17, 15) is 5.11 Å². The van der Waals surface area contributed by atoms with E-state index in [-0.39, 0.29) is 0 Å². The van der Waals surface area contributed by atoms with E-state index in [0.717, 1.165) is 23.2 Å². The number of phenols is 1. The first-order valence-corrected chi connectivity index (χ1v) is 6.63. The monoisotopic (exact) mass is 253 g/mol. The molecular weight excluding hydrogens is 234 g/mol.